The van der Waals surface area contributed by atoms with Gasteiger partial charge in [0.2, 0.25) is 0 Å². The van der Waals surface area contributed by atoms with Gasteiger partial charge in [0.05, 0.1) is 11.0 Å². The lowest BCUT2D eigenvalue weighted by molar-refractivity contribution is 0.524. The molecule has 0 saturated carbocycles. The topological polar surface area (TPSA) is 8.17 Å². The Kier molecular flexibility index (Phi) is 12.6. The van der Waals surface area contributed by atoms with Gasteiger partial charge in [-0.05, 0) is 182 Å². The highest BCUT2D eigenvalue weighted by Gasteiger charge is 2.44. The SMILES string of the molecule is C=Cc1ccc(-c2ccc3c(c2)c2cc(-c4cc(C)c(-c5ccc(N(c6ccc(-c7ccccc7)cc6)c6ccc7c(c6)C(CCCCC)(c6ccccc6)c6ccccc6-7)cc5)cc4C)ccc2n3-c2ccccc2)cc1. The first-order chi connectivity index (χ1) is 38.4. The van der Waals surface area contributed by atoms with Gasteiger partial charge in [-0.25, -0.2) is 0 Å². The molecule has 1 aliphatic carbocycles. The van der Waals surface area contributed by atoms with E-state index in [0.29, 0.717) is 0 Å². The van der Waals surface area contributed by atoms with Crippen LogP contribution in [0.4, 0.5) is 17.1 Å². The number of hydrogen-bond acceptors (Lipinski definition) is 1. The van der Waals surface area contributed by atoms with E-state index in [9.17, 15) is 0 Å². The van der Waals surface area contributed by atoms with Gasteiger partial charge in [-0.3, -0.25) is 0 Å². The summed E-state index contributed by atoms with van der Waals surface area (Å²) in [6.45, 7) is 10.8. The molecule has 2 nitrogen and oxygen atoms in total. The Morgan fingerprint density at radius 2 is 0.910 bits per heavy atom. The van der Waals surface area contributed by atoms with Gasteiger partial charge in [0.1, 0.15) is 0 Å². The Labute approximate surface area is 459 Å². The lowest BCUT2D eigenvalue weighted by atomic mass is 9.69. The second-order valence-corrected chi connectivity index (χ2v) is 21.2. The predicted octanol–water partition coefficient (Wildman–Crippen LogP) is 21.1. The van der Waals surface area contributed by atoms with Crippen LogP contribution in [0.1, 0.15) is 66.0 Å². The Morgan fingerprint density at radius 3 is 1.56 bits per heavy atom. The number of anilines is 3. The van der Waals surface area contributed by atoms with Gasteiger partial charge in [0.25, 0.3) is 0 Å². The molecule has 13 rings (SSSR count). The maximum absolute atomic E-state index is 3.97. The summed E-state index contributed by atoms with van der Waals surface area (Å²) in [4.78, 5) is 2.46. The molecule has 1 aliphatic rings. The van der Waals surface area contributed by atoms with Crippen LogP contribution in [0.2, 0.25) is 0 Å². The van der Waals surface area contributed by atoms with Crippen molar-refractivity contribution in [2.24, 2.45) is 0 Å². The summed E-state index contributed by atoms with van der Waals surface area (Å²) in [5, 5.41) is 2.47. The molecule has 0 N–H and O–H groups in total. The van der Waals surface area contributed by atoms with E-state index in [-0.39, 0.29) is 5.41 Å². The smallest absolute Gasteiger partial charge is 0.0541 e. The van der Waals surface area contributed by atoms with Crippen molar-refractivity contribution in [1.29, 1.82) is 0 Å². The highest BCUT2D eigenvalue weighted by Crippen LogP contribution is 2.56. The molecular formula is C76H62N2. The van der Waals surface area contributed by atoms with Crippen molar-refractivity contribution in [3.05, 3.63) is 295 Å². The van der Waals surface area contributed by atoms with Crippen molar-refractivity contribution >= 4 is 44.9 Å². The minimum Gasteiger partial charge on any atom is -0.310 e. The first kappa shape index (κ1) is 48.4. The van der Waals surface area contributed by atoms with Gasteiger partial charge in [-0.1, -0.05) is 221 Å². The normalized spacial score (nSPS) is 13.6. The molecule has 1 aromatic heterocycles. The molecule has 12 aromatic rings. The summed E-state index contributed by atoms with van der Waals surface area (Å²) < 4.78 is 2.40. The van der Waals surface area contributed by atoms with Crippen molar-refractivity contribution in [2.45, 2.75) is 51.9 Å². The number of fused-ring (bicyclic) bond motifs is 6. The van der Waals surface area contributed by atoms with Crippen LogP contribution in [0.25, 0.3) is 89.2 Å². The summed E-state index contributed by atoms with van der Waals surface area (Å²) in [5.41, 5.74) is 26.8. The third kappa shape index (κ3) is 8.46. The van der Waals surface area contributed by atoms with Crippen LogP contribution in [-0.4, -0.2) is 4.57 Å². The Morgan fingerprint density at radius 1 is 0.410 bits per heavy atom. The molecule has 1 atom stereocenters. The van der Waals surface area contributed by atoms with Gasteiger partial charge in [-0.2, -0.15) is 0 Å². The molecule has 1 heterocycles. The molecule has 0 fully saturated rings. The first-order valence-corrected chi connectivity index (χ1v) is 27.7. The van der Waals surface area contributed by atoms with Crippen LogP contribution in [0, 0.1) is 13.8 Å². The van der Waals surface area contributed by atoms with E-state index < -0.39 is 0 Å². The van der Waals surface area contributed by atoms with Crippen molar-refractivity contribution in [3.63, 3.8) is 0 Å². The largest absolute Gasteiger partial charge is 0.310 e. The first-order valence-electron chi connectivity index (χ1n) is 27.7. The zero-order valence-corrected chi connectivity index (χ0v) is 44.8. The zero-order valence-electron chi connectivity index (χ0n) is 44.8. The van der Waals surface area contributed by atoms with E-state index in [1.165, 1.54) is 118 Å². The third-order valence-electron chi connectivity index (χ3n) is 16.6. The van der Waals surface area contributed by atoms with E-state index >= 15 is 0 Å². The van der Waals surface area contributed by atoms with Crippen molar-refractivity contribution in [3.8, 4) is 61.3 Å². The van der Waals surface area contributed by atoms with E-state index in [2.05, 4.69) is 292 Å². The van der Waals surface area contributed by atoms with Crippen LogP contribution in [0.15, 0.2) is 261 Å². The average Bonchev–Trinajstić information content (AvgIpc) is 4.07. The fourth-order valence-corrected chi connectivity index (χ4v) is 12.7. The van der Waals surface area contributed by atoms with Gasteiger partial charge in [0, 0.05) is 38.9 Å². The lowest BCUT2D eigenvalue weighted by Crippen LogP contribution is -2.27. The second-order valence-electron chi connectivity index (χ2n) is 21.2. The number of hydrogen-bond donors (Lipinski definition) is 0. The predicted molar refractivity (Wildman–Crippen MR) is 333 cm³/mol. The molecule has 0 saturated heterocycles. The molecule has 0 amide bonds. The number of rotatable bonds is 14. The van der Waals surface area contributed by atoms with E-state index in [1.807, 2.05) is 6.08 Å². The molecule has 2 heteroatoms. The number of benzene rings is 11. The summed E-state index contributed by atoms with van der Waals surface area (Å²) in [6, 6.07) is 94.8. The number of aryl methyl sites for hydroxylation is 2. The number of para-hydroxylation sites is 1. The standard InChI is InChI=1S/C76H62N2/c1-5-7-19-46-76(61-22-13-9-14-23-61)72-27-18-17-26-66(72)67-43-42-65(51-73(67)76)77(63-38-32-56(33-39-63)55-20-11-8-12-21-55)64-40-34-58(35-41-64)68-47-53(4)69(48-52(68)3)60-37-45-75-71(50-60)70-49-59(57-30-28-54(6-2)29-31-57)36-44-74(70)78(75)62-24-15-10-16-25-62/h6,8-18,20-45,47-51H,2,5,7,19,46H2,1,3-4H3. The van der Waals surface area contributed by atoms with Crippen LogP contribution in [0.3, 0.4) is 0 Å². The molecular weight excluding hydrogens is 941 g/mol. The maximum atomic E-state index is 3.97. The van der Waals surface area contributed by atoms with Gasteiger partial charge >= 0.3 is 0 Å². The van der Waals surface area contributed by atoms with Crippen LogP contribution in [0.5, 0.6) is 0 Å². The molecule has 11 aromatic carbocycles. The molecule has 1 unspecified atom stereocenters. The number of nitrogens with zero attached hydrogens (tertiary/aromatic N) is 2. The molecule has 78 heavy (non-hydrogen) atoms. The van der Waals surface area contributed by atoms with Gasteiger partial charge < -0.3 is 9.47 Å². The lowest BCUT2D eigenvalue weighted by Gasteiger charge is -2.34. The fourth-order valence-electron chi connectivity index (χ4n) is 12.7. The van der Waals surface area contributed by atoms with Crippen LogP contribution < -0.4 is 4.90 Å². The maximum Gasteiger partial charge on any atom is 0.0541 e. The van der Waals surface area contributed by atoms with E-state index in [4.69, 9.17) is 0 Å². The third-order valence-corrected chi connectivity index (χ3v) is 16.6. The molecule has 0 radical (unpaired) electrons. The van der Waals surface area contributed by atoms with Crippen molar-refractivity contribution in [1.82, 2.24) is 4.57 Å². The van der Waals surface area contributed by atoms with Gasteiger partial charge in [-0.15, -0.1) is 0 Å². The summed E-state index contributed by atoms with van der Waals surface area (Å²) in [7, 11) is 0. The number of unbranched alkanes of at least 4 members (excludes halogenated alkanes) is 2. The monoisotopic (exact) mass is 1000 g/mol. The highest BCUT2D eigenvalue weighted by atomic mass is 15.1. The minimum absolute atomic E-state index is 0.262. The highest BCUT2D eigenvalue weighted by molar-refractivity contribution is 6.12. The Hall–Kier alpha value is -9.24. The molecule has 0 spiro atoms. The van der Waals surface area contributed by atoms with Crippen LogP contribution >= 0.6 is 0 Å². The van der Waals surface area contributed by atoms with E-state index in [1.54, 1.807) is 0 Å². The average molecular weight is 1000 g/mol. The number of aromatic nitrogens is 1. The van der Waals surface area contributed by atoms with Crippen molar-refractivity contribution < 1.29 is 0 Å². The summed E-state index contributed by atoms with van der Waals surface area (Å²) in [6.07, 6.45) is 6.48. The fraction of sp³-hybridized carbons (Fsp3) is 0.105. The van der Waals surface area contributed by atoms with Crippen LogP contribution in [-0.2, 0) is 5.41 Å². The minimum atomic E-state index is -0.262. The molecule has 0 aliphatic heterocycles. The Balaban J connectivity index is 0.891. The summed E-state index contributed by atoms with van der Waals surface area (Å²) in [5.74, 6) is 0. The quantitative estimate of drug-likeness (QED) is 0.0986. The van der Waals surface area contributed by atoms with Gasteiger partial charge in [0.15, 0.2) is 0 Å². The van der Waals surface area contributed by atoms with E-state index in [0.717, 1.165) is 41.2 Å². The second kappa shape index (κ2) is 20.4. The Bertz CT molecular complexity index is 4150. The summed E-state index contributed by atoms with van der Waals surface area (Å²) >= 11 is 0. The molecule has 0 bridgehead atoms. The molecule has 376 valence electrons. The van der Waals surface area contributed by atoms with Crippen molar-refractivity contribution in [2.75, 3.05) is 4.90 Å². The zero-order chi connectivity index (χ0) is 52.7.